The number of aromatic nitrogens is 6. The van der Waals surface area contributed by atoms with Gasteiger partial charge in [-0.1, -0.05) is 6.07 Å². The number of ether oxygens (including phenoxy) is 3. The van der Waals surface area contributed by atoms with Crippen molar-refractivity contribution in [3.63, 3.8) is 0 Å². The van der Waals surface area contributed by atoms with Crippen molar-refractivity contribution in [3.8, 4) is 40.2 Å². The number of benzene rings is 1. The Hall–Kier alpha value is -4.08. The van der Waals surface area contributed by atoms with E-state index in [4.69, 9.17) is 19.2 Å². The molecule has 1 aliphatic rings. The molecular formula is C24H27N7O3. The van der Waals surface area contributed by atoms with E-state index in [9.17, 15) is 0 Å². The SMILES string of the molecule is COc1ccc(CNc2cc3c(cn2)-c2nc(-c4ncnn4C(C)C)cn2CCO3)cc1OC. The monoisotopic (exact) mass is 461 g/mol. The quantitative estimate of drug-likeness (QED) is 0.443. The molecule has 34 heavy (non-hydrogen) atoms. The van der Waals surface area contributed by atoms with Crippen LogP contribution in [0.4, 0.5) is 5.82 Å². The van der Waals surface area contributed by atoms with E-state index in [1.165, 1.54) is 0 Å². The van der Waals surface area contributed by atoms with Crippen LogP contribution >= 0.6 is 0 Å². The lowest BCUT2D eigenvalue weighted by Gasteiger charge is -2.12. The zero-order valence-corrected chi connectivity index (χ0v) is 19.6. The fourth-order valence-corrected chi connectivity index (χ4v) is 3.98. The van der Waals surface area contributed by atoms with E-state index in [2.05, 4.69) is 38.8 Å². The van der Waals surface area contributed by atoms with Crippen LogP contribution < -0.4 is 19.5 Å². The molecule has 0 saturated carbocycles. The second kappa shape index (κ2) is 9.05. The van der Waals surface area contributed by atoms with Gasteiger partial charge in [0.2, 0.25) is 0 Å². The van der Waals surface area contributed by atoms with Crippen LogP contribution in [-0.2, 0) is 13.1 Å². The van der Waals surface area contributed by atoms with Gasteiger partial charge in [-0.15, -0.1) is 0 Å². The van der Waals surface area contributed by atoms with E-state index in [0.717, 1.165) is 34.2 Å². The molecule has 4 heterocycles. The van der Waals surface area contributed by atoms with Crippen molar-refractivity contribution in [2.24, 2.45) is 0 Å². The lowest BCUT2D eigenvalue weighted by atomic mass is 10.2. The maximum Gasteiger partial charge on any atom is 0.178 e. The number of pyridine rings is 1. The van der Waals surface area contributed by atoms with Gasteiger partial charge in [0.15, 0.2) is 17.3 Å². The lowest BCUT2D eigenvalue weighted by Crippen LogP contribution is -2.06. The minimum Gasteiger partial charge on any atom is -0.493 e. The second-order valence-electron chi connectivity index (χ2n) is 8.22. The van der Waals surface area contributed by atoms with Gasteiger partial charge in [-0.25, -0.2) is 19.6 Å². The zero-order chi connectivity index (χ0) is 23.7. The van der Waals surface area contributed by atoms with Crippen molar-refractivity contribution in [2.45, 2.75) is 33.0 Å². The average molecular weight is 462 g/mol. The largest absolute Gasteiger partial charge is 0.493 e. The number of nitrogens with zero attached hydrogens (tertiary/aromatic N) is 6. The lowest BCUT2D eigenvalue weighted by molar-refractivity contribution is 0.306. The van der Waals surface area contributed by atoms with E-state index >= 15 is 0 Å². The molecule has 0 aliphatic carbocycles. The molecule has 0 radical (unpaired) electrons. The first-order valence-corrected chi connectivity index (χ1v) is 11.1. The standard InChI is InChI=1S/C24H27N7O3/c1-15(2)31-24(27-14-28-31)18-13-30-7-8-34-20-10-22(26-12-17(20)23(30)29-18)25-11-16-5-6-19(32-3)21(9-16)33-4/h5-6,9-10,12-15H,7-8,11H2,1-4H3,(H,25,26). The minimum absolute atomic E-state index is 0.190. The summed E-state index contributed by atoms with van der Waals surface area (Å²) in [5.41, 5.74) is 2.67. The maximum atomic E-state index is 6.03. The molecule has 1 aromatic carbocycles. The first kappa shape index (κ1) is 21.7. The molecule has 0 bridgehead atoms. The van der Waals surface area contributed by atoms with Gasteiger partial charge in [0.05, 0.1) is 26.3 Å². The number of hydrogen-bond acceptors (Lipinski definition) is 8. The molecular weight excluding hydrogens is 434 g/mol. The maximum absolute atomic E-state index is 6.03. The summed E-state index contributed by atoms with van der Waals surface area (Å²) in [4.78, 5) is 13.9. The Morgan fingerprint density at radius 2 is 1.94 bits per heavy atom. The summed E-state index contributed by atoms with van der Waals surface area (Å²) in [6.45, 7) is 5.94. The molecule has 0 amide bonds. The molecule has 4 aromatic rings. The number of anilines is 1. The third kappa shape index (κ3) is 4.02. The van der Waals surface area contributed by atoms with E-state index in [0.29, 0.717) is 37.0 Å². The van der Waals surface area contributed by atoms with E-state index < -0.39 is 0 Å². The zero-order valence-electron chi connectivity index (χ0n) is 19.6. The molecule has 10 heteroatoms. The number of rotatable bonds is 7. The normalized spacial score (nSPS) is 12.5. The molecule has 1 N–H and O–H groups in total. The Balaban J connectivity index is 1.39. The van der Waals surface area contributed by atoms with Crippen LogP contribution in [0.5, 0.6) is 17.2 Å². The van der Waals surface area contributed by atoms with Crippen LogP contribution in [0.15, 0.2) is 43.0 Å². The van der Waals surface area contributed by atoms with Crippen LogP contribution in [0.25, 0.3) is 22.9 Å². The molecule has 3 aromatic heterocycles. The highest BCUT2D eigenvalue weighted by molar-refractivity contribution is 5.69. The van der Waals surface area contributed by atoms with E-state index in [1.54, 1.807) is 26.7 Å². The summed E-state index contributed by atoms with van der Waals surface area (Å²) in [7, 11) is 3.25. The summed E-state index contributed by atoms with van der Waals surface area (Å²) >= 11 is 0. The molecule has 0 unspecified atom stereocenters. The van der Waals surface area contributed by atoms with Gasteiger partial charge in [0.25, 0.3) is 0 Å². The Morgan fingerprint density at radius 1 is 1.09 bits per heavy atom. The van der Waals surface area contributed by atoms with Gasteiger partial charge < -0.3 is 24.1 Å². The van der Waals surface area contributed by atoms with E-state index in [-0.39, 0.29) is 6.04 Å². The highest BCUT2D eigenvalue weighted by atomic mass is 16.5. The topological polar surface area (TPSA) is 101 Å². The molecule has 176 valence electrons. The summed E-state index contributed by atoms with van der Waals surface area (Å²) in [5, 5.41) is 7.69. The van der Waals surface area contributed by atoms with Crippen LogP contribution in [0, 0.1) is 0 Å². The fraction of sp³-hybridized carbons (Fsp3) is 0.333. The number of hydrogen-bond donors (Lipinski definition) is 1. The Labute approximate surface area is 197 Å². The highest BCUT2D eigenvalue weighted by Gasteiger charge is 2.22. The number of imidazole rings is 1. The fourth-order valence-electron chi connectivity index (χ4n) is 3.98. The van der Waals surface area contributed by atoms with Crippen molar-refractivity contribution in [3.05, 3.63) is 48.5 Å². The van der Waals surface area contributed by atoms with Crippen molar-refractivity contribution in [2.75, 3.05) is 26.1 Å². The van der Waals surface area contributed by atoms with Crippen LogP contribution in [0.3, 0.4) is 0 Å². The molecule has 0 saturated heterocycles. The minimum atomic E-state index is 0.190. The second-order valence-corrected chi connectivity index (χ2v) is 8.22. The Morgan fingerprint density at radius 3 is 2.74 bits per heavy atom. The molecule has 0 atom stereocenters. The highest BCUT2D eigenvalue weighted by Crippen LogP contribution is 2.35. The summed E-state index contributed by atoms with van der Waals surface area (Å²) < 4.78 is 20.7. The van der Waals surface area contributed by atoms with Crippen molar-refractivity contribution in [1.82, 2.24) is 29.3 Å². The predicted octanol–water partition coefficient (Wildman–Crippen LogP) is 3.81. The number of nitrogens with one attached hydrogen (secondary N) is 1. The molecule has 1 aliphatic heterocycles. The molecule has 5 rings (SSSR count). The van der Waals surface area contributed by atoms with Gasteiger partial charge in [0, 0.05) is 31.0 Å². The first-order chi connectivity index (χ1) is 16.6. The van der Waals surface area contributed by atoms with E-state index in [1.807, 2.05) is 35.1 Å². The average Bonchev–Trinajstić information content (AvgIpc) is 3.47. The van der Waals surface area contributed by atoms with Crippen molar-refractivity contribution >= 4 is 5.82 Å². The Kier molecular flexibility index (Phi) is 5.79. The predicted molar refractivity (Wildman–Crippen MR) is 127 cm³/mol. The van der Waals surface area contributed by atoms with Gasteiger partial charge in [-0.05, 0) is 31.5 Å². The van der Waals surface area contributed by atoms with Crippen molar-refractivity contribution in [1.29, 1.82) is 0 Å². The van der Waals surface area contributed by atoms with Gasteiger partial charge >= 0.3 is 0 Å². The molecule has 10 nitrogen and oxygen atoms in total. The third-order valence-corrected chi connectivity index (χ3v) is 5.69. The molecule has 0 spiro atoms. The van der Waals surface area contributed by atoms with Gasteiger partial charge in [0.1, 0.15) is 36.0 Å². The first-order valence-electron chi connectivity index (χ1n) is 11.1. The Bertz CT molecular complexity index is 1310. The smallest absolute Gasteiger partial charge is 0.178 e. The summed E-state index contributed by atoms with van der Waals surface area (Å²) in [6.07, 6.45) is 5.36. The van der Waals surface area contributed by atoms with Gasteiger partial charge in [-0.2, -0.15) is 5.10 Å². The van der Waals surface area contributed by atoms with Crippen LogP contribution in [0.2, 0.25) is 0 Å². The third-order valence-electron chi connectivity index (χ3n) is 5.69. The molecule has 0 fully saturated rings. The number of fused-ring (bicyclic) bond motifs is 3. The summed E-state index contributed by atoms with van der Waals surface area (Å²) in [6, 6.07) is 7.93. The van der Waals surface area contributed by atoms with Gasteiger partial charge in [-0.3, -0.25) is 0 Å². The van der Waals surface area contributed by atoms with Crippen LogP contribution in [0.1, 0.15) is 25.5 Å². The number of methoxy groups -OCH3 is 2. The van der Waals surface area contributed by atoms with Crippen molar-refractivity contribution < 1.29 is 14.2 Å². The van der Waals surface area contributed by atoms with Crippen LogP contribution in [-0.4, -0.2) is 50.1 Å². The summed E-state index contributed by atoms with van der Waals surface area (Å²) in [5.74, 6) is 4.40.